The Hall–Kier alpha value is -0.990. The zero-order chi connectivity index (χ0) is 14.6. The number of nitrogens with one attached hydrogen (secondary N) is 1. The van der Waals surface area contributed by atoms with Gasteiger partial charge in [-0.2, -0.15) is 17.4 Å². The van der Waals surface area contributed by atoms with Gasteiger partial charge in [0.05, 0.1) is 6.61 Å². The molecule has 2 N–H and O–H groups in total. The van der Waals surface area contributed by atoms with E-state index >= 15 is 0 Å². The first-order valence-electron chi connectivity index (χ1n) is 6.46. The molecule has 1 aromatic carbocycles. The number of rotatable bonds is 6. The summed E-state index contributed by atoms with van der Waals surface area (Å²) >= 11 is 0. The Morgan fingerprint density at radius 1 is 1.40 bits per heavy atom. The molecule has 20 heavy (non-hydrogen) atoms. The van der Waals surface area contributed by atoms with E-state index in [-0.39, 0.29) is 19.7 Å². The van der Waals surface area contributed by atoms with Crippen LogP contribution < -0.4 is 4.72 Å². The number of nitrogens with zero attached hydrogens (tertiary/aromatic N) is 1. The standard InChI is InChI=1S/C13H20N2O4S/c1-15(9-12-5-3-2-4-6-12)20(17,18)14-10-13(16)7-8-19-11-13/h2-6,14,16H,7-11H2,1H3. The maximum atomic E-state index is 12.1. The molecule has 0 aromatic heterocycles. The third-order valence-corrected chi connectivity index (χ3v) is 4.78. The van der Waals surface area contributed by atoms with Crippen LogP contribution in [0.25, 0.3) is 0 Å². The molecule has 1 aliphatic rings. The molecule has 1 heterocycles. The molecule has 1 atom stereocenters. The van der Waals surface area contributed by atoms with Crippen LogP contribution >= 0.6 is 0 Å². The number of aliphatic hydroxyl groups is 1. The minimum atomic E-state index is -3.62. The van der Waals surface area contributed by atoms with Gasteiger partial charge in [-0.05, 0) is 5.56 Å². The van der Waals surface area contributed by atoms with E-state index in [9.17, 15) is 13.5 Å². The quantitative estimate of drug-likeness (QED) is 0.781. The summed E-state index contributed by atoms with van der Waals surface area (Å²) in [5.41, 5.74) is -0.191. The lowest BCUT2D eigenvalue weighted by molar-refractivity contribution is 0.0312. The van der Waals surface area contributed by atoms with Gasteiger partial charge in [0, 0.05) is 33.2 Å². The molecule has 112 valence electrons. The van der Waals surface area contributed by atoms with Crippen molar-refractivity contribution in [1.29, 1.82) is 0 Å². The second kappa shape index (κ2) is 6.19. The average Bonchev–Trinajstić information content (AvgIpc) is 2.85. The average molecular weight is 300 g/mol. The van der Waals surface area contributed by atoms with E-state index in [2.05, 4.69) is 4.72 Å². The van der Waals surface area contributed by atoms with Crippen molar-refractivity contribution in [2.24, 2.45) is 0 Å². The molecule has 0 spiro atoms. The zero-order valence-electron chi connectivity index (χ0n) is 11.4. The molecular formula is C13H20N2O4S. The molecule has 1 aliphatic heterocycles. The maximum absolute atomic E-state index is 12.1. The van der Waals surface area contributed by atoms with Crippen molar-refractivity contribution in [3.63, 3.8) is 0 Å². The number of ether oxygens (including phenoxy) is 1. The minimum absolute atomic E-state index is 0.0333. The third-order valence-electron chi connectivity index (χ3n) is 3.32. The van der Waals surface area contributed by atoms with Crippen molar-refractivity contribution in [2.45, 2.75) is 18.6 Å². The molecular weight excluding hydrogens is 280 g/mol. The van der Waals surface area contributed by atoms with Crippen molar-refractivity contribution >= 4 is 10.2 Å². The number of benzene rings is 1. The van der Waals surface area contributed by atoms with Crippen molar-refractivity contribution in [2.75, 3.05) is 26.8 Å². The van der Waals surface area contributed by atoms with Crippen LogP contribution in [0.2, 0.25) is 0 Å². The summed E-state index contributed by atoms with van der Waals surface area (Å²) in [6, 6.07) is 9.34. The van der Waals surface area contributed by atoms with Crippen LogP contribution in [0.5, 0.6) is 0 Å². The van der Waals surface area contributed by atoms with E-state index in [1.807, 2.05) is 30.3 Å². The second-order valence-corrected chi connectivity index (χ2v) is 6.96. The normalized spacial score (nSPS) is 23.4. The fourth-order valence-corrected chi connectivity index (χ4v) is 2.99. The van der Waals surface area contributed by atoms with Gasteiger partial charge in [-0.1, -0.05) is 30.3 Å². The van der Waals surface area contributed by atoms with Crippen molar-refractivity contribution in [3.05, 3.63) is 35.9 Å². The first-order chi connectivity index (χ1) is 9.41. The lowest BCUT2D eigenvalue weighted by Crippen LogP contribution is -2.47. The highest BCUT2D eigenvalue weighted by atomic mass is 32.2. The summed E-state index contributed by atoms with van der Waals surface area (Å²) in [6.45, 7) is 0.871. The molecule has 7 heteroatoms. The monoisotopic (exact) mass is 300 g/mol. The minimum Gasteiger partial charge on any atom is -0.386 e. The zero-order valence-corrected chi connectivity index (χ0v) is 12.3. The smallest absolute Gasteiger partial charge is 0.279 e. The van der Waals surface area contributed by atoms with E-state index < -0.39 is 15.8 Å². The molecule has 0 bridgehead atoms. The van der Waals surface area contributed by atoms with Gasteiger partial charge in [-0.3, -0.25) is 0 Å². The summed E-state index contributed by atoms with van der Waals surface area (Å²) in [7, 11) is -2.11. The molecule has 0 radical (unpaired) electrons. The van der Waals surface area contributed by atoms with Crippen LogP contribution in [0, 0.1) is 0 Å². The Balaban J connectivity index is 1.92. The summed E-state index contributed by atoms with van der Waals surface area (Å²) in [5, 5.41) is 10.1. The first-order valence-corrected chi connectivity index (χ1v) is 7.90. The van der Waals surface area contributed by atoms with Gasteiger partial charge in [0.1, 0.15) is 5.60 Å². The van der Waals surface area contributed by atoms with Gasteiger partial charge in [-0.15, -0.1) is 0 Å². The predicted molar refractivity (Wildman–Crippen MR) is 75.2 cm³/mol. The van der Waals surface area contributed by atoms with E-state index in [1.54, 1.807) is 0 Å². The topological polar surface area (TPSA) is 78.9 Å². The van der Waals surface area contributed by atoms with E-state index in [1.165, 1.54) is 11.4 Å². The van der Waals surface area contributed by atoms with Crippen LogP contribution in [0.1, 0.15) is 12.0 Å². The van der Waals surface area contributed by atoms with Crippen molar-refractivity contribution < 1.29 is 18.3 Å². The van der Waals surface area contributed by atoms with Crippen LogP contribution in [0.3, 0.4) is 0 Å². The van der Waals surface area contributed by atoms with E-state index in [0.717, 1.165) is 5.56 Å². The van der Waals surface area contributed by atoms with Gasteiger partial charge in [0.25, 0.3) is 10.2 Å². The second-order valence-electron chi connectivity index (χ2n) is 5.09. The summed E-state index contributed by atoms with van der Waals surface area (Å²) in [6.07, 6.45) is 0.442. The van der Waals surface area contributed by atoms with Crippen molar-refractivity contribution in [1.82, 2.24) is 9.03 Å². The molecule has 2 rings (SSSR count). The molecule has 1 saturated heterocycles. The van der Waals surface area contributed by atoms with Gasteiger partial charge < -0.3 is 9.84 Å². The van der Waals surface area contributed by atoms with Crippen molar-refractivity contribution in [3.8, 4) is 0 Å². The number of hydrogen-bond acceptors (Lipinski definition) is 4. The Morgan fingerprint density at radius 2 is 2.10 bits per heavy atom. The van der Waals surface area contributed by atoms with Gasteiger partial charge in [-0.25, -0.2) is 0 Å². The Labute approximate surface area is 119 Å². The summed E-state index contributed by atoms with van der Waals surface area (Å²) in [5.74, 6) is 0. The molecule has 6 nitrogen and oxygen atoms in total. The van der Waals surface area contributed by atoms with E-state index in [0.29, 0.717) is 13.0 Å². The fraction of sp³-hybridized carbons (Fsp3) is 0.538. The summed E-state index contributed by atoms with van der Waals surface area (Å²) < 4.78 is 32.9. The first kappa shape index (κ1) is 15.4. The highest BCUT2D eigenvalue weighted by Gasteiger charge is 2.34. The molecule has 1 aromatic rings. The third kappa shape index (κ3) is 4.00. The fourth-order valence-electron chi connectivity index (χ4n) is 2.00. The van der Waals surface area contributed by atoms with Gasteiger partial charge in [0.15, 0.2) is 0 Å². The molecule has 0 aliphatic carbocycles. The highest BCUT2D eigenvalue weighted by Crippen LogP contribution is 2.17. The van der Waals surface area contributed by atoms with Gasteiger partial charge in [0.2, 0.25) is 0 Å². The van der Waals surface area contributed by atoms with Crippen LogP contribution in [-0.2, 0) is 21.5 Å². The lowest BCUT2D eigenvalue weighted by atomic mass is 10.1. The highest BCUT2D eigenvalue weighted by molar-refractivity contribution is 7.87. The van der Waals surface area contributed by atoms with Crippen LogP contribution in [-0.4, -0.2) is 50.2 Å². The lowest BCUT2D eigenvalue weighted by Gasteiger charge is -2.23. The Kier molecular flexibility index (Phi) is 4.77. The predicted octanol–water partition coefficient (Wildman–Crippen LogP) is 0.104. The Morgan fingerprint density at radius 3 is 2.70 bits per heavy atom. The van der Waals surface area contributed by atoms with Crippen LogP contribution in [0.15, 0.2) is 30.3 Å². The maximum Gasteiger partial charge on any atom is 0.279 e. The SMILES string of the molecule is CN(Cc1ccccc1)S(=O)(=O)NCC1(O)CCOC1. The molecule has 0 amide bonds. The van der Waals surface area contributed by atoms with Gasteiger partial charge >= 0.3 is 0 Å². The summed E-state index contributed by atoms with van der Waals surface area (Å²) in [4.78, 5) is 0. The van der Waals surface area contributed by atoms with Crippen LogP contribution in [0.4, 0.5) is 0 Å². The molecule has 1 fully saturated rings. The number of hydrogen-bond donors (Lipinski definition) is 2. The Bertz CT molecular complexity index is 527. The molecule has 0 saturated carbocycles. The molecule has 1 unspecified atom stereocenters. The van der Waals surface area contributed by atoms with E-state index in [4.69, 9.17) is 4.74 Å². The largest absolute Gasteiger partial charge is 0.386 e.